The second-order valence-electron chi connectivity index (χ2n) is 7.15. The van der Waals surface area contributed by atoms with Gasteiger partial charge in [0.2, 0.25) is 0 Å². The van der Waals surface area contributed by atoms with Gasteiger partial charge >= 0.3 is 11.7 Å². The number of likely N-dealkylation sites (N-methyl/N-ethyl adjacent to an activating group) is 1. The molecule has 1 atom stereocenters. The summed E-state index contributed by atoms with van der Waals surface area (Å²) in [5.41, 5.74) is 5.75. The van der Waals surface area contributed by atoms with Gasteiger partial charge in [0.05, 0.1) is 6.54 Å². The van der Waals surface area contributed by atoms with E-state index in [9.17, 15) is 24.0 Å². The average molecular weight is 409 g/mol. The lowest BCUT2D eigenvalue weighted by Gasteiger charge is -2.23. The monoisotopic (exact) mass is 409 g/mol. The first-order valence-corrected chi connectivity index (χ1v) is 9.35. The molecule has 1 saturated heterocycles. The van der Waals surface area contributed by atoms with Gasteiger partial charge in [-0.1, -0.05) is 20.3 Å². The first-order chi connectivity index (χ1) is 13.6. The van der Waals surface area contributed by atoms with E-state index in [0.29, 0.717) is 24.4 Å². The normalized spacial score (nSPS) is 18.7. The minimum atomic E-state index is -1.09. The fraction of sp³-hybridized carbons (Fsp3) is 0.588. The summed E-state index contributed by atoms with van der Waals surface area (Å²) in [6.07, 6.45) is 1.86. The summed E-state index contributed by atoms with van der Waals surface area (Å²) in [4.78, 5) is 64.4. The van der Waals surface area contributed by atoms with Crippen molar-refractivity contribution in [3.8, 4) is 0 Å². The standard InChI is InChI=1S/C17H27N7O5/c1-5-7-8-23-12(18)11(13(26)19-15(23)28)22(4)9-10(25)21-24-14(27)17(3,6-2)20-16(24)29/h5-9,18H2,1-4H3,(H,20,29)(H,21,25)(H,19,26,28). The van der Waals surface area contributed by atoms with Crippen molar-refractivity contribution in [1.29, 1.82) is 0 Å². The van der Waals surface area contributed by atoms with Crippen LogP contribution in [0.5, 0.6) is 0 Å². The first-order valence-electron chi connectivity index (χ1n) is 9.35. The molecule has 1 unspecified atom stereocenters. The Hall–Kier alpha value is -3.31. The number of unbranched alkanes of at least 4 members (excludes halogenated alkanes) is 1. The topological polar surface area (TPSA) is 163 Å². The Morgan fingerprint density at radius 3 is 2.45 bits per heavy atom. The van der Waals surface area contributed by atoms with Crippen molar-refractivity contribution in [3.63, 3.8) is 0 Å². The third-order valence-corrected chi connectivity index (χ3v) is 4.92. The molecule has 1 fully saturated rings. The lowest BCUT2D eigenvalue weighted by molar-refractivity contribution is -0.138. The van der Waals surface area contributed by atoms with Crippen molar-refractivity contribution < 1.29 is 14.4 Å². The van der Waals surface area contributed by atoms with Crippen molar-refractivity contribution in [2.45, 2.75) is 52.1 Å². The van der Waals surface area contributed by atoms with Crippen LogP contribution in [0.4, 0.5) is 16.3 Å². The highest BCUT2D eigenvalue weighted by atomic mass is 16.2. The maximum atomic E-state index is 12.4. The molecule has 0 radical (unpaired) electrons. The van der Waals surface area contributed by atoms with Crippen molar-refractivity contribution in [1.82, 2.24) is 25.3 Å². The van der Waals surface area contributed by atoms with Crippen LogP contribution in [0.3, 0.4) is 0 Å². The Morgan fingerprint density at radius 1 is 1.24 bits per heavy atom. The van der Waals surface area contributed by atoms with Gasteiger partial charge in [0.25, 0.3) is 17.4 Å². The predicted octanol–water partition coefficient (Wildman–Crippen LogP) is -0.893. The molecule has 0 aromatic carbocycles. The number of hydrazine groups is 1. The van der Waals surface area contributed by atoms with Crippen LogP contribution in [0.25, 0.3) is 0 Å². The van der Waals surface area contributed by atoms with E-state index in [1.807, 2.05) is 6.92 Å². The number of aromatic amines is 1. The summed E-state index contributed by atoms with van der Waals surface area (Å²) in [6, 6.07) is -0.735. The van der Waals surface area contributed by atoms with E-state index in [0.717, 1.165) is 6.42 Å². The Labute approximate surface area is 167 Å². The van der Waals surface area contributed by atoms with Crippen LogP contribution in [-0.4, -0.2) is 51.5 Å². The number of carbonyl (C=O) groups excluding carboxylic acids is 3. The summed E-state index contributed by atoms with van der Waals surface area (Å²) >= 11 is 0. The van der Waals surface area contributed by atoms with Gasteiger partial charge in [-0.15, -0.1) is 0 Å². The summed E-state index contributed by atoms with van der Waals surface area (Å²) < 4.78 is 1.23. The SMILES string of the molecule is CCCCn1c(N)c(N(C)CC(=O)NN2C(=O)NC(C)(CC)C2=O)c(=O)[nH]c1=O. The quantitative estimate of drug-likeness (QED) is 0.405. The van der Waals surface area contributed by atoms with Crippen molar-refractivity contribution >= 4 is 29.4 Å². The molecule has 1 aliphatic heterocycles. The maximum absolute atomic E-state index is 12.4. The molecule has 0 saturated carbocycles. The minimum absolute atomic E-state index is 0.0496. The summed E-state index contributed by atoms with van der Waals surface area (Å²) in [5, 5.41) is 3.14. The number of nitrogens with two attached hydrogens (primary N) is 1. The molecular weight excluding hydrogens is 382 g/mol. The molecule has 12 heteroatoms. The largest absolute Gasteiger partial charge is 0.383 e. The van der Waals surface area contributed by atoms with E-state index in [1.165, 1.54) is 16.5 Å². The van der Waals surface area contributed by atoms with Crippen LogP contribution in [-0.2, 0) is 16.1 Å². The maximum Gasteiger partial charge on any atom is 0.344 e. The van der Waals surface area contributed by atoms with Gasteiger partial charge < -0.3 is 16.0 Å². The molecule has 1 aromatic heterocycles. The van der Waals surface area contributed by atoms with Gasteiger partial charge in [-0.05, 0) is 19.8 Å². The number of amides is 4. The number of hydrogen-bond donors (Lipinski definition) is 4. The molecule has 0 aliphatic carbocycles. The highest BCUT2D eigenvalue weighted by Gasteiger charge is 2.47. The number of H-pyrrole nitrogens is 1. The molecule has 0 spiro atoms. The molecule has 4 amide bonds. The number of nitrogens with zero attached hydrogens (tertiary/aromatic N) is 3. The molecule has 2 heterocycles. The Balaban J connectivity index is 2.18. The lowest BCUT2D eigenvalue weighted by Crippen LogP contribution is -2.51. The van der Waals surface area contributed by atoms with Crippen LogP contribution in [0.1, 0.15) is 40.0 Å². The molecule has 0 bridgehead atoms. The molecule has 5 N–H and O–H groups in total. The van der Waals surface area contributed by atoms with E-state index in [2.05, 4.69) is 15.7 Å². The highest BCUT2D eigenvalue weighted by Crippen LogP contribution is 2.19. The van der Waals surface area contributed by atoms with Crippen molar-refractivity contribution in [2.24, 2.45) is 0 Å². The molecule has 1 aromatic rings. The Morgan fingerprint density at radius 2 is 1.90 bits per heavy atom. The predicted molar refractivity (Wildman–Crippen MR) is 106 cm³/mol. The van der Waals surface area contributed by atoms with Gasteiger partial charge in [-0.2, -0.15) is 5.01 Å². The van der Waals surface area contributed by atoms with Gasteiger partial charge in [-0.3, -0.25) is 29.4 Å². The average Bonchev–Trinajstić information content (AvgIpc) is 2.85. The summed E-state index contributed by atoms with van der Waals surface area (Å²) in [7, 11) is 1.44. The van der Waals surface area contributed by atoms with E-state index in [1.54, 1.807) is 13.8 Å². The van der Waals surface area contributed by atoms with E-state index < -0.39 is 34.6 Å². The summed E-state index contributed by atoms with van der Waals surface area (Å²) in [6.45, 7) is 5.19. The van der Waals surface area contributed by atoms with Gasteiger partial charge in [-0.25, -0.2) is 9.59 Å². The number of nitrogens with one attached hydrogen (secondary N) is 3. The lowest BCUT2D eigenvalue weighted by atomic mass is 10.00. The molecule has 160 valence electrons. The third-order valence-electron chi connectivity index (χ3n) is 4.92. The number of imide groups is 1. The van der Waals surface area contributed by atoms with E-state index in [4.69, 9.17) is 5.73 Å². The van der Waals surface area contributed by atoms with E-state index >= 15 is 0 Å². The smallest absolute Gasteiger partial charge is 0.344 e. The van der Waals surface area contributed by atoms with Crippen LogP contribution >= 0.6 is 0 Å². The number of urea groups is 1. The highest BCUT2D eigenvalue weighted by molar-refractivity contribution is 6.07. The zero-order chi connectivity index (χ0) is 21.9. The number of anilines is 2. The first kappa shape index (κ1) is 22.0. The van der Waals surface area contributed by atoms with Crippen LogP contribution in [0.15, 0.2) is 9.59 Å². The molecule has 1 aliphatic rings. The fourth-order valence-electron chi connectivity index (χ4n) is 2.96. The number of rotatable bonds is 8. The van der Waals surface area contributed by atoms with Crippen LogP contribution < -0.4 is 32.6 Å². The van der Waals surface area contributed by atoms with Gasteiger partial charge in [0.15, 0.2) is 0 Å². The fourth-order valence-corrected chi connectivity index (χ4v) is 2.96. The van der Waals surface area contributed by atoms with Crippen LogP contribution in [0.2, 0.25) is 0 Å². The summed E-state index contributed by atoms with van der Waals surface area (Å²) in [5.74, 6) is -1.34. The second kappa shape index (κ2) is 8.37. The van der Waals surface area contributed by atoms with E-state index in [-0.39, 0.29) is 18.1 Å². The van der Waals surface area contributed by atoms with Crippen molar-refractivity contribution in [2.75, 3.05) is 24.2 Å². The Kier molecular flexibility index (Phi) is 6.34. The zero-order valence-corrected chi connectivity index (χ0v) is 17.0. The second-order valence-corrected chi connectivity index (χ2v) is 7.15. The van der Waals surface area contributed by atoms with Gasteiger partial charge in [0.1, 0.15) is 17.0 Å². The number of carbonyl (C=O) groups is 3. The molecule has 2 rings (SSSR count). The van der Waals surface area contributed by atoms with Crippen molar-refractivity contribution in [3.05, 3.63) is 20.8 Å². The Bertz CT molecular complexity index is 937. The molecule has 29 heavy (non-hydrogen) atoms. The number of aromatic nitrogens is 2. The van der Waals surface area contributed by atoms with Crippen LogP contribution in [0, 0.1) is 0 Å². The zero-order valence-electron chi connectivity index (χ0n) is 17.0. The minimum Gasteiger partial charge on any atom is -0.383 e. The number of nitrogen functional groups attached to an aromatic ring is 1. The number of hydrogen-bond acceptors (Lipinski definition) is 7. The van der Waals surface area contributed by atoms with Gasteiger partial charge in [0, 0.05) is 13.6 Å². The molecule has 12 nitrogen and oxygen atoms in total. The molecular formula is C17H27N7O5. The third kappa shape index (κ3) is 4.25.